The van der Waals surface area contributed by atoms with Crippen LogP contribution in [0.5, 0.6) is 5.75 Å². The van der Waals surface area contributed by atoms with Crippen LogP contribution in [0.15, 0.2) is 24.3 Å². The van der Waals surface area contributed by atoms with Crippen molar-refractivity contribution in [1.29, 1.82) is 5.26 Å². The summed E-state index contributed by atoms with van der Waals surface area (Å²) in [5.41, 5.74) is 3.09. The summed E-state index contributed by atoms with van der Waals surface area (Å²) in [7, 11) is 0. The minimum atomic E-state index is -0.131. The molecule has 1 amide bonds. The maximum atomic E-state index is 10.9. The molecule has 0 atom stereocenters. The number of nitrogens with zero attached hydrogens (tertiary/aromatic N) is 1. The van der Waals surface area contributed by atoms with Crippen molar-refractivity contribution in [2.75, 3.05) is 6.61 Å². The molecule has 102 valence electrons. The molecule has 0 aromatic heterocycles. The Kier molecular flexibility index (Phi) is 7.06. The van der Waals surface area contributed by atoms with Gasteiger partial charge < -0.3 is 4.74 Å². The lowest BCUT2D eigenvalue weighted by Crippen LogP contribution is -2.29. The number of unbranched alkanes of at least 4 members (excludes halogenated alkanes) is 2. The quantitative estimate of drug-likeness (QED) is 0.322. The van der Waals surface area contributed by atoms with Crippen LogP contribution in [0.2, 0.25) is 0 Å². The molecule has 0 saturated heterocycles. The SMILES string of the molecule is N#CCc1ccc(OCCCCCC(=O)NN)cc1. The molecule has 3 N–H and O–H groups in total. The lowest BCUT2D eigenvalue weighted by atomic mass is 10.1. The van der Waals surface area contributed by atoms with Crippen LogP contribution in [0.4, 0.5) is 0 Å². The molecule has 5 heteroatoms. The molecule has 0 saturated carbocycles. The van der Waals surface area contributed by atoms with Crippen LogP contribution in [0, 0.1) is 11.3 Å². The first-order valence-electron chi connectivity index (χ1n) is 6.34. The van der Waals surface area contributed by atoms with Crippen LogP contribution in [0.1, 0.15) is 31.2 Å². The van der Waals surface area contributed by atoms with Gasteiger partial charge in [-0.25, -0.2) is 5.84 Å². The van der Waals surface area contributed by atoms with Crippen molar-refractivity contribution in [3.05, 3.63) is 29.8 Å². The third kappa shape index (κ3) is 6.43. The Morgan fingerprint density at radius 2 is 2.00 bits per heavy atom. The zero-order valence-electron chi connectivity index (χ0n) is 10.9. The summed E-state index contributed by atoms with van der Waals surface area (Å²) in [5, 5.41) is 8.55. The van der Waals surface area contributed by atoms with Crippen molar-refractivity contribution in [3.63, 3.8) is 0 Å². The summed E-state index contributed by atoms with van der Waals surface area (Å²) in [6.07, 6.45) is 3.52. The highest BCUT2D eigenvalue weighted by Crippen LogP contribution is 2.13. The Labute approximate surface area is 113 Å². The van der Waals surface area contributed by atoms with Gasteiger partial charge in [0.15, 0.2) is 0 Å². The van der Waals surface area contributed by atoms with Gasteiger partial charge in [-0.15, -0.1) is 0 Å². The number of benzene rings is 1. The highest BCUT2D eigenvalue weighted by atomic mass is 16.5. The number of carbonyl (C=O) groups is 1. The van der Waals surface area contributed by atoms with E-state index in [1.807, 2.05) is 24.3 Å². The molecule has 0 fully saturated rings. The van der Waals surface area contributed by atoms with Crippen LogP contribution < -0.4 is 16.0 Å². The van der Waals surface area contributed by atoms with E-state index in [9.17, 15) is 4.79 Å². The smallest absolute Gasteiger partial charge is 0.233 e. The average Bonchev–Trinajstić information content (AvgIpc) is 2.44. The van der Waals surface area contributed by atoms with E-state index in [1.165, 1.54) is 0 Å². The van der Waals surface area contributed by atoms with Gasteiger partial charge >= 0.3 is 0 Å². The normalized spacial score (nSPS) is 9.68. The van der Waals surface area contributed by atoms with Crippen LogP contribution in [0.25, 0.3) is 0 Å². The molecule has 1 aromatic rings. The fourth-order valence-electron chi connectivity index (χ4n) is 1.62. The van der Waals surface area contributed by atoms with E-state index in [-0.39, 0.29) is 5.91 Å². The van der Waals surface area contributed by atoms with Gasteiger partial charge in [0.25, 0.3) is 0 Å². The minimum absolute atomic E-state index is 0.131. The number of nitrogens with one attached hydrogen (secondary N) is 1. The van der Waals surface area contributed by atoms with Crippen LogP contribution in [-0.4, -0.2) is 12.5 Å². The zero-order chi connectivity index (χ0) is 13.9. The highest BCUT2D eigenvalue weighted by molar-refractivity contribution is 5.74. The summed E-state index contributed by atoms with van der Waals surface area (Å²) in [6, 6.07) is 9.63. The molecule has 0 spiro atoms. The molecular weight excluding hydrogens is 242 g/mol. The lowest BCUT2D eigenvalue weighted by Gasteiger charge is -2.06. The molecule has 1 aromatic carbocycles. The number of ether oxygens (including phenoxy) is 1. The van der Waals surface area contributed by atoms with Crippen molar-refractivity contribution >= 4 is 5.91 Å². The lowest BCUT2D eigenvalue weighted by molar-refractivity contribution is -0.121. The Morgan fingerprint density at radius 1 is 1.26 bits per heavy atom. The molecule has 0 bridgehead atoms. The van der Waals surface area contributed by atoms with Gasteiger partial charge in [0.2, 0.25) is 5.91 Å². The van der Waals surface area contributed by atoms with Gasteiger partial charge in [0.05, 0.1) is 19.1 Å². The molecule has 0 aliphatic carbocycles. The summed E-state index contributed by atoms with van der Waals surface area (Å²) in [4.78, 5) is 10.9. The number of amides is 1. The van der Waals surface area contributed by atoms with E-state index in [4.69, 9.17) is 15.8 Å². The van der Waals surface area contributed by atoms with E-state index >= 15 is 0 Å². The van der Waals surface area contributed by atoms with E-state index < -0.39 is 0 Å². The fourth-order valence-corrected chi connectivity index (χ4v) is 1.62. The van der Waals surface area contributed by atoms with Crippen molar-refractivity contribution in [2.45, 2.75) is 32.1 Å². The van der Waals surface area contributed by atoms with Gasteiger partial charge in [0, 0.05) is 6.42 Å². The molecular formula is C14H19N3O2. The molecule has 19 heavy (non-hydrogen) atoms. The van der Waals surface area contributed by atoms with E-state index in [0.29, 0.717) is 19.4 Å². The first kappa shape index (κ1) is 15.0. The number of hydrogen-bond acceptors (Lipinski definition) is 4. The second-order valence-electron chi connectivity index (χ2n) is 4.21. The Hall–Kier alpha value is -2.06. The van der Waals surface area contributed by atoms with Crippen molar-refractivity contribution in [1.82, 2.24) is 5.43 Å². The number of nitriles is 1. The molecule has 0 unspecified atom stereocenters. The van der Waals surface area contributed by atoms with Crippen molar-refractivity contribution in [2.24, 2.45) is 5.84 Å². The molecule has 0 aliphatic rings. The number of nitrogens with two attached hydrogens (primary N) is 1. The first-order chi connectivity index (χ1) is 9.26. The van der Waals surface area contributed by atoms with Gasteiger partial charge in [0.1, 0.15) is 5.75 Å². The molecule has 0 heterocycles. The maximum absolute atomic E-state index is 10.9. The van der Waals surface area contributed by atoms with Gasteiger partial charge in [-0.05, 0) is 37.0 Å². The predicted molar refractivity (Wildman–Crippen MR) is 72.1 cm³/mol. The van der Waals surface area contributed by atoms with Gasteiger partial charge in [-0.1, -0.05) is 12.1 Å². The molecule has 5 nitrogen and oxygen atoms in total. The third-order valence-corrected chi connectivity index (χ3v) is 2.68. The molecule has 1 rings (SSSR count). The van der Waals surface area contributed by atoms with E-state index in [0.717, 1.165) is 30.6 Å². The Morgan fingerprint density at radius 3 is 2.63 bits per heavy atom. The summed E-state index contributed by atoms with van der Waals surface area (Å²) in [6.45, 7) is 0.627. The number of hydrazine groups is 1. The fraction of sp³-hybridized carbons (Fsp3) is 0.429. The predicted octanol–water partition coefficient (Wildman–Crippen LogP) is 1.68. The van der Waals surface area contributed by atoms with E-state index in [1.54, 1.807) is 0 Å². The summed E-state index contributed by atoms with van der Waals surface area (Å²) < 4.78 is 5.56. The topological polar surface area (TPSA) is 88.1 Å². The van der Waals surface area contributed by atoms with Crippen molar-refractivity contribution < 1.29 is 9.53 Å². The monoisotopic (exact) mass is 261 g/mol. The van der Waals surface area contributed by atoms with E-state index in [2.05, 4.69) is 11.5 Å². The van der Waals surface area contributed by atoms with Gasteiger partial charge in [-0.2, -0.15) is 5.26 Å². The number of rotatable bonds is 8. The minimum Gasteiger partial charge on any atom is -0.494 e. The Bertz CT molecular complexity index is 423. The van der Waals surface area contributed by atoms with Crippen molar-refractivity contribution in [3.8, 4) is 11.8 Å². The summed E-state index contributed by atoms with van der Waals surface area (Å²) >= 11 is 0. The second kappa shape index (κ2) is 8.95. The highest BCUT2D eigenvalue weighted by Gasteiger charge is 1.98. The first-order valence-corrected chi connectivity index (χ1v) is 6.34. The largest absolute Gasteiger partial charge is 0.494 e. The summed E-state index contributed by atoms with van der Waals surface area (Å²) in [5.74, 6) is 5.65. The zero-order valence-corrected chi connectivity index (χ0v) is 10.9. The second-order valence-corrected chi connectivity index (χ2v) is 4.21. The van der Waals surface area contributed by atoms with Gasteiger partial charge in [-0.3, -0.25) is 10.2 Å². The number of hydrogen-bond donors (Lipinski definition) is 2. The average molecular weight is 261 g/mol. The third-order valence-electron chi connectivity index (χ3n) is 2.68. The maximum Gasteiger partial charge on any atom is 0.233 e. The Balaban J connectivity index is 2.12. The van der Waals surface area contributed by atoms with Crippen LogP contribution >= 0.6 is 0 Å². The molecule has 0 radical (unpaired) electrons. The molecule has 0 aliphatic heterocycles. The van der Waals surface area contributed by atoms with Crippen LogP contribution in [0.3, 0.4) is 0 Å². The van der Waals surface area contributed by atoms with Crippen LogP contribution in [-0.2, 0) is 11.2 Å². The standard InChI is InChI=1S/C14H19N3O2/c15-10-9-12-5-7-13(8-6-12)19-11-3-1-2-4-14(18)17-16/h5-8H,1-4,9,11,16H2,(H,17,18). The number of carbonyl (C=O) groups excluding carboxylic acids is 1.